The van der Waals surface area contributed by atoms with E-state index < -0.39 is 0 Å². The molecule has 0 unspecified atom stereocenters. The lowest BCUT2D eigenvalue weighted by atomic mass is 9.97. The summed E-state index contributed by atoms with van der Waals surface area (Å²) in [6.45, 7) is 2.45. The van der Waals surface area contributed by atoms with Gasteiger partial charge in [-0.15, -0.1) is 0 Å². The Bertz CT molecular complexity index is 955. The SMILES string of the molecule is CN(Cc1ccccc1)Cc1cc(C(=O)NC[C@@H]2OCCc3ccccc32)no1. The molecule has 1 N–H and O–H groups in total. The Balaban J connectivity index is 1.31. The van der Waals surface area contributed by atoms with Gasteiger partial charge in [0.05, 0.1) is 13.2 Å². The fraction of sp³-hybridized carbons (Fsp3) is 0.304. The van der Waals surface area contributed by atoms with Crippen molar-refractivity contribution in [1.82, 2.24) is 15.4 Å². The van der Waals surface area contributed by atoms with Crippen LogP contribution < -0.4 is 5.32 Å². The van der Waals surface area contributed by atoms with Gasteiger partial charge in [-0.05, 0) is 30.2 Å². The summed E-state index contributed by atoms with van der Waals surface area (Å²) < 4.78 is 11.2. The van der Waals surface area contributed by atoms with Crippen LogP contribution in [0.2, 0.25) is 0 Å². The number of benzene rings is 2. The zero-order chi connectivity index (χ0) is 20.1. The largest absolute Gasteiger partial charge is 0.371 e. The number of nitrogens with zero attached hydrogens (tertiary/aromatic N) is 2. The number of hydrogen-bond acceptors (Lipinski definition) is 5. The van der Waals surface area contributed by atoms with Gasteiger partial charge in [0.1, 0.15) is 6.10 Å². The molecule has 1 aromatic heterocycles. The first-order chi connectivity index (χ1) is 14.2. The third-order valence-electron chi connectivity index (χ3n) is 5.05. The fourth-order valence-electron chi connectivity index (χ4n) is 3.63. The number of carbonyl (C=O) groups is 1. The predicted octanol–water partition coefficient (Wildman–Crippen LogP) is 3.35. The normalized spacial score (nSPS) is 15.9. The van der Waals surface area contributed by atoms with Gasteiger partial charge >= 0.3 is 0 Å². The number of hydrogen-bond donors (Lipinski definition) is 1. The molecule has 0 spiro atoms. The Morgan fingerprint density at radius 3 is 2.79 bits per heavy atom. The van der Waals surface area contributed by atoms with Crippen molar-refractivity contribution in [1.29, 1.82) is 0 Å². The second-order valence-corrected chi connectivity index (χ2v) is 7.35. The van der Waals surface area contributed by atoms with Gasteiger partial charge in [-0.1, -0.05) is 59.8 Å². The highest BCUT2D eigenvalue weighted by atomic mass is 16.5. The molecule has 0 bridgehead atoms. The fourth-order valence-corrected chi connectivity index (χ4v) is 3.63. The van der Waals surface area contributed by atoms with E-state index in [1.165, 1.54) is 11.1 Å². The van der Waals surface area contributed by atoms with Crippen LogP contribution in [-0.4, -0.2) is 36.2 Å². The van der Waals surface area contributed by atoms with Crippen molar-refractivity contribution in [3.05, 3.63) is 88.8 Å². The van der Waals surface area contributed by atoms with Crippen LogP contribution in [0, 0.1) is 0 Å². The molecule has 4 rings (SSSR count). The monoisotopic (exact) mass is 391 g/mol. The zero-order valence-electron chi connectivity index (χ0n) is 16.5. The third-order valence-corrected chi connectivity index (χ3v) is 5.05. The van der Waals surface area contributed by atoms with Gasteiger partial charge < -0.3 is 14.6 Å². The summed E-state index contributed by atoms with van der Waals surface area (Å²) in [5.74, 6) is 0.408. The molecule has 1 aliphatic rings. The minimum Gasteiger partial charge on any atom is -0.371 e. The molecule has 6 heteroatoms. The maximum absolute atomic E-state index is 12.5. The van der Waals surface area contributed by atoms with Crippen molar-refractivity contribution >= 4 is 5.91 Å². The lowest BCUT2D eigenvalue weighted by Gasteiger charge is -2.26. The lowest BCUT2D eigenvalue weighted by molar-refractivity contribution is 0.0410. The lowest BCUT2D eigenvalue weighted by Crippen LogP contribution is -2.32. The molecule has 0 saturated heterocycles. The maximum Gasteiger partial charge on any atom is 0.273 e. The second kappa shape index (κ2) is 9.03. The maximum atomic E-state index is 12.5. The number of nitrogens with one attached hydrogen (secondary N) is 1. The molecule has 0 radical (unpaired) electrons. The molecule has 6 nitrogen and oxygen atoms in total. The van der Waals surface area contributed by atoms with Gasteiger partial charge in [0.25, 0.3) is 5.91 Å². The van der Waals surface area contributed by atoms with Crippen molar-refractivity contribution in [2.45, 2.75) is 25.6 Å². The molecule has 2 aromatic carbocycles. The van der Waals surface area contributed by atoms with E-state index in [0.717, 1.165) is 18.5 Å². The van der Waals surface area contributed by atoms with Crippen LogP contribution in [-0.2, 0) is 24.2 Å². The second-order valence-electron chi connectivity index (χ2n) is 7.35. The van der Waals surface area contributed by atoms with Crippen LogP contribution >= 0.6 is 0 Å². The number of carbonyl (C=O) groups excluding carboxylic acids is 1. The highest BCUT2D eigenvalue weighted by Crippen LogP contribution is 2.26. The molecular weight excluding hydrogens is 366 g/mol. The van der Waals surface area contributed by atoms with Crippen LogP contribution in [0.15, 0.2) is 65.2 Å². The van der Waals surface area contributed by atoms with Crippen LogP contribution in [0.1, 0.15) is 39.0 Å². The smallest absolute Gasteiger partial charge is 0.273 e. The van der Waals surface area contributed by atoms with Crippen LogP contribution in [0.3, 0.4) is 0 Å². The van der Waals surface area contributed by atoms with Crippen LogP contribution in [0.4, 0.5) is 0 Å². The van der Waals surface area contributed by atoms with E-state index in [9.17, 15) is 4.79 Å². The molecule has 2 heterocycles. The summed E-state index contributed by atoms with van der Waals surface area (Å²) >= 11 is 0. The molecule has 1 atom stereocenters. The Morgan fingerprint density at radius 2 is 1.93 bits per heavy atom. The number of amides is 1. The molecule has 29 heavy (non-hydrogen) atoms. The predicted molar refractivity (Wildman–Crippen MR) is 109 cm³/mol. The van der Waals surface area contributed by atoms with E-state index in [1.807, 2.05) is 37.4 Å². The first kappa shape index (κ1) is 19.4. The average Bonchev–Trinajstić information content (AvgIpc) is 3.21. The van der Waals surface area contributed by atoms with Crippen molar-refractivity contribution in [3.63, 3.8) is 0 Å². The van der Waals surface area contributed by atoms with Gasteiger partial charge in [-0.2, -0.15) is 0 Å². The standard InChI is InChI=1S/C23H25N3O3/c1-26(15-17-7-3-2-4-8-17)16-19-13-21(25-29-19)23(27)24-14-22-20-10-6-5-9-18(20)11-12-28-22/h2-10,13,22H,11-12,14-16H2,1H3,(H,24,27)/t22-/m0/s1. The molecule has 0 aliphatic carbocycles. The van der Waals surface area contributed by atoms with E-state index in [4.69, 9.17) is 9.26 Å². The third kappa shape index (κ3) is 4.91. The number of rotatable bonds is 7. The van der Waals surface area contributed by atoms with Crippen LogP contribution in [0.5, 0.6) is 0 Å². The van der Waals surface area contributed by atoms with Crippen molar-refractivity contribution < 1.29 is 14.1 Å². The molecular formula is C23H25N3O3. The molecule has 1 amide bonds. The van der Waals surface area contributed by atoms with E-state index in [2.05, 4.69) is 39.6 Å². The van der Waals surface area contributed by atoms with Crippen molar-refractivity contribution in [2.75, 3.05) is 20.2 Å². The highest BCUT2D eigenvalue weighted by Gasteiger charge is 2.22. The Hall–Kier alpha value is -2.96. The summed E-state index contributed by atoms with van der Waals surface area (Å²) in [5, 5.41) is 6.85. The quantitative estimate of drug-likeness (QED) is 0.669. The minimum atomic E-state index is -0.252. The van der Waals surface area contributed by atoms with Crippen molar-refractivity contribution in [3.8, 4) is 0 Å². The van der Waals surface area contributed by atoms with E-state index in [0.29, 0.717) is 25.5 Å². The first-order valence-corrected chi connectivity index (χ1v) is 9.84. The average molecular weight is 391 g/mol. The highest BCUT2D eigenvalue weighted by molar-refractivity contribution is 5.92. The molecule has 0 saturated carbocycles. The van der Waals surface area contributed by atoms with E-state index in [-0.39, 0.29) is 17.7 Å². The summed E-state index contributed by atoms with van der Waals surface area (Å²) in [6.07, 6.45) is 0.774. The molecule has 150 valence electrons. The van der Waals surface area contributed by atoms with Gasteiger partial charge in [0, 0.05) is 19.2 Å². The summed E-state index contributed by atoms with van der Waals surface area (Å²) in [5.41, 5.74) is 3.93. The molecule has 0 fully saturated rings. The number of ether oxygens (including phenoxy) is 1. The van der Waals surface area contributed by atoms with E-state index in [1.54, 1.807) is 6.07 Å². The number of fused-ring (bicyclic) bond motifs is 1. The minimum absolute atomic E-state index is 0.132. The molecule has 3 aromatic rings. The van der Waals surface area contributed by atoms with Gasteiger partial charge in [-0.3, -0.25) is 9.69 Å². The van der Waals surface area contributed by atoms with E-state index >= 15 is 0 Å². The summed E-state index contributed by atoms with van der Waals surface area (Å²) in [7, 11) is 2.01. The Morgan fingerprint density at radius 1 is 1.14 bits per heavy atom. The Kier molecular flexibility index (Phi) is 6.03. The first-order valence-electron chi connectivity index (χ1n) is 9.84. The zero-order valence-corrected chi connectivity index (χ0v) is 16.5. The van der Waals surface area contributed by atoms with Crippen molar-refractivity contribution in [2.24, 2.45) is 0 Å². The number of aromatic nitrogens is 1. The topological polar surface area (TPSA) is 67.6 Å². The van der Waals surface area contributed by atoms with Gasteiger partial charge in [0.15, 0.2) is 11.5 Å². The van der Waals surface area contributed by atoms with Crippen LogP contribution in [0.25, 0.3) is 0 Å². The van der Waals surface area contributed by atoms with Gasteiger partial charge in [-0.25, -0.2) is 0 Å². The summed E-state index contributed by atoms with van der Waals surface area (Å²) in [6, 6.07) is 20.1. The van der Waals surface area contributed by atoms with Gasteiger partial charge in [0.2, 0.25) is 0 Å². The molecule has 1 aliphatic heterocycles. The summed E-state index contributed by atoms with van der Waals surface area (Å²) in [4.78, 5) is 14.6. The Labute approximate surface area is 170 Å².